The summed E-state index contributed by atoms with van der Waals surface area (Å²) in [6, 6.07) is -0.791. The van der Waals surface area contributed by atoms with Crippen molar-refractivity contribution in [2.24, 2.45) is 5.73 Å². The van der Waals surface area contributed by atoms with Crippen LogP contribution in [0.2, 0.25) is 0 Å². The number of nitrogens with two attached hydrogens (primary N) is 1. The second-order valence-corrected chi connectivity index (χ2v) is 3.43. The number of likely N-dealkylation sites (N-methyl/N-ethyl adjacent to an activating group) is 1. The number of nitrogens with zero attached hydrogens (tertiary/aromatic N) is 1. The van der Waals surface area contributed by atoms with E-state index in [1.54, 1.807) is 7.05 Å². The third-order valence-corrected chi connectivity index (χ3v) is 2.33. The van der Waals surface area contributed by atoms with Crippen LogP contribution in [-0.2, 0) is 9.59 Å². The number of hydrogen-bond donors (Lipinski definition) is 3. The molecule has 6 nitrogen and oxygen atoms in total. The lowest BCUT2D eigenvalue weighted by molar-refractivity contribution is -0.142. The predicted octanol–water partition coefficient (Wildman–Crippen LogP) is -1.44. The van der Waals surface area contributed by atoms with Crippen LogP contribution in [0.5, 0.6) is 0 Å². The second kappa shape index (κ2) is 2.97. The molecule has 1 saturated heterocycles. The summed E-state index contributed by atoms with van der Waals surface area (Å²) in [6.45, 7) is 0.0688. The summed E-state index contributed by atoms with van der Waals surface area (Å²) in [5.41, 5.74) is 4.10. The van der Waals surface area contributed by atoms with Crippen LogP contribution in [0.4, 0.5) is 0 Å². The lowest BCUT2D eigenvalue weighted by atomic mass is 9.98. The molecule has 0 amide bonds. The van der Waals surface area contributed by atoms with Gasteiger partial charge in [0.15, 0.2) is 0 Å². The fraction of sp³-hybridized carbons (Fsp3) is 0.714. The minimum absolute atomic E-state index is 0.0475. The number of likely N-dealkylation sites (tertiary alicyclic amines) is 1. The molecule has 6 heteroatoms. The lowest BCUT2D eigenvalue weighted by Gasteiger charge is -2.16. The molecule has 74 valence electrons. The van der Waals surface area contributed by atoms with Crippen molar-refractivity contribution >= 4 is 11.9 Å². The molecule has 1 aliphatic rings. The van der Waals surface area contributed by atoms with E-state index in [1.807, 2.05) is 0 Å². The van der Waals surface area contributed by atoms with Crippen LogP contribution in [0.1, 0.15) is 6.42 Å². The van der Waals surface area contributed by atoms with Crippen molar-refractivity contribution < 1.29 is 19.8 Å². The number of aliphatic carboxylic acids is 2. The molecule has 0 aromatic rings. The molecule has 0 unspecified atom stereocenters. The van der Waals surface area contributed by atoms with Gasteiger partial charge in [-0.1, -0.05) is 0 Å². The highest BCUT2D eigenvalue weighted by molar-refractivity contribution is 5.83. The molecule has 13 heavy (non-hydrogen) atoms. The molecule has 1 aliphatic heterocycles. The van der Waals surface area contributed by atoms with Crippen LogP contribution in [0.3, 0.4) is 0 Å². The Morgan fingerprint density at radius 1 is 1.54 bits per heavy atom. The molecule has 0 radical (unpaired) electrons. The zero-order valence-electron chi connectivity index (χ0n) is 7.23. The first-order valence-corrected chi connectivity index (χ1v) is 3.82. The normalized spacial score (nSPS) is 34.8. The average Bonchev–Trinajstić information content (AvgIpc) is 2.28. The molecule has 0 aromatic heterocycles. The SMILES string of the molecule is CN1C[C@](N)(C(=O)O)C[C@H]1C(=O)O. The second-order valence-electron chi connectivity index (χ2n) is 3.43. The number of rotatable bonds is 2. The standard InChI is InChI=1S/C7H12N2O4/c1-9-3-7(8,6(12)13)2-4(9)5(10)11/h4H,2-3,8H2,1H3,(H,10,11)(H,12,13)/t4-,7-/m0/s1. The van der Waals surface area contributed by atoms with Gasteiger partial charge >= 0.3 is 11.9 Å². The van der Waals surface area contributed by atoms with Crippen molar-refractivity contribution in [3.63, 3.8) is 0 Å². The smallest absolute Gasteiger partial charge is 0.325 e. The Bertz CT molecular complexity index is 255. The zero-order chi connectivity index (χ0) is 10.2. The summed E-state index contributed by atoms with van der Waals surface area (Å²) in [7, 11) is 1.55. The molecule has 1 heterocycles. The fourth-order valence-electron chi connectivity index (χ4n) is 1.55. The average molecular weight is 188 g/mol. The quantitative estimate of drug-likeness (QED) is 0.490. The van der Waals surface area contributed by atoms with Crippen molar-refractivity contribution in [1.82, 2.24) is 4.90 Å². The Hall–Kier alpha value is -1.14. The predicted molar refractivity (Wildman–Crippen MR) is 43.2 cm³/mol. The third-order valence-electron chi connectivity index (χ3n) is 2.33. The van der Waals surface area contributed by atoms with Gasteiger partial charge < -0.3 is 15.9 Å². The van der Waals surface area contributed by atoms with Crippen molar-refractivity contribution in [1.29, 1.82) is 0 Å². The van der Waals surface area contributed by atoms with Gasteiger partial charge in [0.1, 0.15) is 11.6 Å². The zero-order valence-corrected chi connectivity index (χ0v) is 7.23. The van der Waals surface area contributed by atoms with E-state index in [0.29, 0.717) is 0 Å². The summed E-state index contributed by atoms with van der Waals surface area (Å²) in [5, 5.41) is 17.5. The first-order chi connectivity index (χ1) is 5.87. The van der Waals surface area contributed by atoms with E-state index >= 15 is 0 Å². The van der Waals surface area contributed by atoms with Gasteiger partial charge in [0.25, 0.3) is 0 Å². The maximum absolute atomic E-state index is 10.7. The minimum atomic E-state index is -1.42. The van der Waals surface area contributed by atoms with Gasteiger partial charge in [-0.15, -0.1) is 0 Å². The fourth-order valence-corrected chi connectivity index (χ4v) is 1.55. The van der Waals surface area contributed by atoms with Gasteiger partial charge in [-0.2, -0.15) is 0 Å². The van der Waals surface area contributed by atoms with E-state index in [-0.39, 0.29) is 13.0 Å². The van der Waals surface area contributed by atoms with Crippen molar-refractivity contribution in [2.45, 2.75) is 18.0 Å². The van der Waals surface area contributed by atoms with Gasteiger partial charge in [-0.05, 0) is 7.05 Å². The van der Waals surface area contributed by atoms with Crippen LogP contribution in [0, 0.1) is 0 Å². The minimum Gasteiger partial charge on any atom is -0.480 e. The Morgan fingerprint density at radius 3 is 2.31 bits per heavy atom. The summed E-state index contributed by atoms with van der Waals surface area (Å²) in [4.78, 5) is 22.8. The molecule has 1 rings (SSSR count). The van der Waals surface area contributed by atoms with E-state index < -0.39 is 23.5 Å². The highest BCUT2D eigenvalue weighted by atomic mass is 16.4. The van der Waals surface area contributed by atoms with Gasteiger partial charge in [-0.25, -0.2) is 0 Å². The monoisotopic (exact) mass is 188 g/mol. The Balaban J connectivity index is 2.80. The maximum Gasteiger partial charge on any atom is 0.325 e. The summed E-state index contributed by atoms with van der Waals surface area (Å²) in [6.07, 6.45) is -0.0475. The van der Waals surface area contributed by atoms with Crippen LogP contribution in [0.15, 0.2) is 0 Å². The molecule has 4 N–H and O–H groups in total. The van der Waals surface area contributed by atoms with Crippen LogP contribution >= 0.6 is 0 Å². The molecule has 2 atom stereocenters. The highest BCUT2D eigenvalue weighted by Gasteiger charge is 2.47. The first-order valence-electron chi connectivity index (χ1n) is 3.82. The van der Waals surface area contributed by atoms with Crippen molar-refractivity contribution in [3.05, 3.63) is 0 Å². The number of carboxylic acids is 2. The van der Waals surface area contributed by atoms with Gasteiger partial charge in [0.2, 0.25) is 0 Å². The highest BCUT2D eigenvalue weighted by Crippen LogP contribution is 2.23. The number of hydrogen-bond acceptors (Lipinski definition) is 4. The van der Waals surface area contributed by atoms with E-state index in [4.69, 9.17) is 15.9 Å². The Morgan fingerprint density at radius 2 is 2.08 bits per heavy atom. The summed E-state index contributed by atoms with van der Waals surface area (Å²) in [5.74, 6) is -2.18. The molecule has 1 fully saturated rings. The van der Waals surface area contributed by atoms with E-state index in [2.05, 4.69) is 0 Å². The molecule has 0 saturated carbocycles. The largest absolute Gasteiger partial charge is 0.480 e. The number of carboxylic acid groups (broad SMARTS) is 2. The Kier molecular flexibility index (Phi) is 2.27. The van der Waals surface area contributed by atoms with Crippen molar-refractivity contribution in [2.75, 3.05) is 13.6 Å². The van der Waals surface area contributed by atoms with Gasteiger partial charge in [-0.3, -0.25) is 14.5 Å². The van der Waals surface area contributed by atoms with Crippen molar-refractivity contribution in [3.8, 4) is 0 Å². The lowest BCUT2D eigenvalue weighted by Crippen LogP contribution is -2.49. The molecular formula is C7H12N2O4. The summed E-state index contributed by atoms with van der Waals surface area (Å²) >= 11 is 0. The Labute approximate surface area is 74.9 Å². The van der Waals surface area contributed by atoms with Crippen LogP contribution in [0.25, 0.3) is 0 Å². The van der Waals surface area contributed by atoms with Gasteiger partial charge in [0, 0.05) is 13.0 Å². The summed E-state index contributed by atoms with van der Waals surface area (Å²) < 4.78 is 0. The topological polar surface area (TPSA) is 104 Å². The molecule has 0 bridgehead atoms. The molecule has 0 aliphatic carbocycles. The molecule has 0 spiro atoms. The third kappa shape index (κ3) is 1.63. The van der Waals surface area contributed by atoms with E-state index in [9.17, 15) is 9.59 Å². The van der Waals surface area contributed by atoms with E-state index in [1.165, 1.54) is 4.90 Å². The molecule has 0 aromatic carbocycles. The number of carbonyl (C=O) groups is 2. The van der Waals surface area contributed by atoms with Crippen LogP contribution < -0.4 is 5.73 Å². The maximum atomic E-state index is 10.7. The molecular weight excluding hydrogens is 176 g/mol. The van der Waals surface area contributed by atoms with Gasteiger partial charge in [0.05, 0.1) is 0 Å². The van der Waals surface area contributed by atoms with E-state index in [0.717, 1.165) is 0 Å². The first kappa shape index (κ1) is 9.94. The van der Waals surface area contributed by atoms with Crippen LogP contribution in [-0.4, -0.2) is 52.2 Å².